The van der Waals surface area contributed by atoms with Crippen LogP contribution in [-0.2, 0) is 0 Å². The molecule has 0 atom stereocenters. The molecule has 0 spiro atoms. The van der Waals surface area contributed by atoms with E-state index in [1.54, 1.807) is 0 Å². The fraction of sp³-hybridized carbons (Fsp3) is 0. The van der Waals surface area contributed by atoms with Gasteiger partial charge in [0.05, 0.1) is 4.92 Å². The molecule has 0 saturated carbocycles. The maximum atomic E-state index is 10.4. The van der Waals surface area contributed by atoms with E-state index in [2.05, 4.69) is 0 Å². The number of hydrogen-bond donors (Lipinski definition) is 2. The van der Waals surface area contributed by atoms with Crippen molar-refractivity contribution in [2.75, 3.05) is 5.23 Å². The van der Waals surface area contributed by atoms with Crippen LogP contribution in [0.4, 0.5) is 11.4 Å². The van der Waals surface area contributed by atoms with Crippen molar-refractivity contribution in [3.63, 3.8) is 0 Å². The lowest BCUT2D eigenvalue weighted by molar-refractivity contribution is -0.384. The van der Waals surface area contributed by atoms with Gasteiger partial charge in [0.25, 0.3) is 5.69 Å². The van der Waals surface area contributed by atoms with Gasteiger partial charge in [-0.3, -0.25) is 25.3 Å². The van der Waals surface area contributed by atoms with Gasteiger partial charge in [-0.15, -0.1) is 5.23 Å². The number of carbonyl (C=O) groups excluding carboxylic acids is 1. The summed E-state index contributed by atoms with van der Waals surface area (Å²) >= 11 is 0. The lowest BCUT2D eigenvalue weighted by atomic mass is 10.2. The van der Waals surface area contributed by atoms with Crippen molar-refractivity contribution in [1.29, 1.82) is 0 Å². The molecule has 0 aliphatic heterocycles. The van der Waals surface area contributed by atoms with Crippen LogP contribution >= 0.6 is 0 Å². The third-order valence-corrected chi connectivity index (χ3v) is 1.57. The quantitative estimate of drug-likeness (QED) is 0.426. The van der Waals surface area contributed by atoms with E-state index in [1.807, 2.05) is 0 Å². The van der Waals surface area contributed by atoms with Crippen LogP contribution in [0.5, 0.6) is 0 Å². The molecule has 0 heterocycles. The van der Waals surface area contributed by atoms with E-state index in [0.717, 1.165) is 18.2 Å². The number of aldehydes is 1. The van der Waals surface area contributed by atoms with Crippen molar-refractivity contribution in [1.82, 2.24) is 0 Å². The molecule has 0 fully saturated rings. The minimum Gasteiger partial charge on any atom is -0.298 e. The van der Waals surface area contributed by atoms with Gasteiger partial charge in [-0.05, 0) is 6.07 Å². The fourth-order valence-electron chi connectivity index (χ4n) is 0.918. The zero-order chi connectivity index (χ0) is 10.7. The Bertz CT molecular complexity index is 376. The first-order valence-electron chi connectivity index (χ1n) is 3.47. The van der Waals surface area contributed by atoms with Crippen LogP contribution in [0.1, 0.15) is 10.4 Å². The van der Waals surface area contributed by atoms with E-state index in [9.17, 15) is 14.9 Å². The first-order valence-corrected chi connectivity index (χ1v) is 3.47. The number of nitrogens with zero attached hydrogens (tertiary/aromatic N) is 2. The SMILES string of the molecule is O=Cc1ccc([N+](=O)[O-])cc1N(O)O. The molecule has 0 aliphatic carbocycles. The van der Waals surface area contributed by atoms with E-state index < -0.39 is 4.92 Å². The second-order valence-electron chi connectivity index (χ2n) is 2.41. The number of rotatable bonds is 3. The van der Waals surface area contributed by atoms with Crippen LogP contribution in [0.15, 0.2) is 18.2 Å². The molecule has 0 aliphatic rings. The molecule has 74 valence electrons. The Morgan fingerprint density at radius 3 is 2.50 bits per heavy atom. The van der Waals surface area contributed by atoms with Crippen LogP contribution < -0.4 is 5.23 Å². The minimum atomic E-state index is -0.707. The van der Waals surface area contributed by atoms with Crippen LogP contribution in [0.3, 0.4) is 0 Å². The summed E-state index contributed by atoms with van der Waals surface area (Å²) in [6.45, 7) is 0. The first-order chi connectivity index (χ1) is 6.56. The summed E-state index contributed by atoms with van der Waals surface area (Å²) in [6.07, 6.45) is 0.360. The van der Waals surface area contributed by atoms with Crippen molar-refractivity contribution in [3.8, 4) is 0 Å². The molecule has 7 heteroatoms. The van der Waals surface area contributed by atoms with Gasteiger partial charge in [-0.25, -0.2) is 0 Å². The van der Waals surface area contributed by atoms with Gasteiger partial charge in [0, 0.05) is 17.7 Å². The number of anilines is 1. The summed E-state index contributed by atoms with van der Waals surface area (Å²) in [5.74, 6) is 0. The maximum Gasteiger partial charge on any atom is 0.271 e. The second-order valence-corrected chi connectivity index (χ2v) is 2.41. The smallest absolute Gasteiger partial charge is 0.271 e. The highest BCUT2D eigenvalue weighted by molar-refractivity contribution is 5.84. The molecule has 0 saturated heterocycles. The summed E-state index contributed by atoms with van der Waals surface area (Å²) in [5, 5.41) is 27.3. The predicted octanol–water partition coefficient (Wildman–Crippen LogP) is 0.992. The van der Waals surface area contributed by atoms with Gasteiger partial charge >= 0.3 is 0 Å². The van der Waals surface area contributed by atoms with Crippen molar-refractivity contribution < 1.29 is 20.1 Å². The zero-order valence-corrected chi connectivity index (χ0v) is 6.82. The third kappa shape index (κ3) is 1.84. The average molecular weight is 198 g/mol. The normalized spacial score (nSPS) is 9.57. The van der Waals surface area contributed by atoms with Gasteiger partial charge in [-0.2, -0.15) is 0 Å². The number of benzene rings is 1. The second kappa shape index (κ2) is 3.81. The van der Waals surface area contributed by atoms with Crippen molar-refractivity contribution in [3.05, 3.63) is 33.9 Å². The van der Waals surface area contributed by atoms with Crippen LogP contribution in [0, 0.1) is 10.1 Å². The monoisotopic (exact) mass is 198 g/mol. The van der Waals surface area contributed by atoms with Gasteiger partial charge in [0.1, 0.15) is 5.69 Å². The summed E-state index contributed by atoms with van der Waals surface area (Å²) in [4.78, 5) is 20.0. The fourth-order valence-corrected chi connectivity index (χ4v) is 0.918. The molecule has 1 rings (SSSR count). The van der Waals surface area contributed by atoms with Crippen molar-refractivity contribution in [2.45, 2.75) is 0 Å². The Hall–Kier alpha value is -1.99. The van der Waals surface area contributed by atoms with Gasteiger partial charge in [0.15, 0.2) is 6.29 Å². The number of nitro benzene ring substituents is 1. The van der Waals surface area contributed by atoms with Crippen LogP contribution in [0.25, 0.3) is 0 Å². The summed E-state index contributed by atoms with van der Waals surface area (Å²) in [7, 11) is 0. The molecular formula is C7H6N2O5. The standard InChI is InChI=1S/C7H6N2O5/c10-4-5-1-2-6(8(11)12)3-7(5)9(13)14/h1-4,13-14H. The molecule has 2 N–H and O–H groups in total. The number of carbonyl (C=O) groups is 1. The lowest BCUT2D eigenvalue weighted by Crippen LogP contribution is -2.13. The predicted molar refractivity (Wildman–Crippen MR) is 44.5 cm³/mol. The summed E-state index contributed by atoms with van der Waals surface area (Å²) in [6, 6.07) is 3.10. The first kappa shape index (κ1) is 10.1. The van der Waals surface area contributed by atoms with E-state index in [4.69, 9.17) is 10.4 Å². The van der Waals surface area contributed by atoms with Crippen molar-refractivity contribution >= 4 is 17.7 Å². The Morgan fingerprint density at radius 2 is 2.07 bits per heavy atom. The molecule has 0 radical (unpaired) electrons. The van der Waals surface area contributed by atoms with Gasteiger partial charge < -0.3 is 0 Å². The van der Waals surface area contributed by atoms with E-state index in [0.29, 0.717) is 6.29 Å². The minimum absolute atomic E-state index is 0.0550. The van der Waals surface area contributed by atoms with E-state index >= 15 is 0 Å². The topological polar surface area (TPSA) is 104 Å². The summed E-state index contributed by atoms with van der Waals surface area (Å²) in [5.41, 5.74) is -0.728. The largest absolute Gasteiger partial charge is 0.298 e. The molecule has 0 unspecified atom stereocenters. The van der Waals surface area contributed by atoms with Crippen LogP contribution in [-0.4, -0.2) is 21.6 Å². The number of hydrogen-bond acceptors (Lipinski definition) is 6. The lowest BCUT2D eigenvalue weighted by Gasteiger charge is -2.09. The highest BCUT2D eigenvalue weighted by Gasteiger charge is 2.13. The highest BCUT2D eigenvalue weighted by Crippen LogP contribution is 2.22. The van der Waals surface area contributed by atoms with Crippen LogP contribution in [0.2, 0.25) is 0 Å². The van der Waals surface area contributed by atoms with Gasteiger partial charge in [-0.1, -0.05) is 0 Å². The Kier molecular flexibility index (Phi) is 2.75. The molecule has 7 nitrogen and oxygen atoms in total. The Balaban J connectivity index is 3.27. The number of non-ortho nitro benzene ring substituents is 1. The third-order valence-electron chi connectivity index (χ3n) is 1.57. The molecule has 0 aromatic heterocycles. The summed E-state index contributed by atoms with van der Waals surface area (Å²) < 4.78 is 0. The van der Waals surface area contributed by atoms with Gasteiger partial charge in [0.2, 0.25) is 0 Å². The molecular weight excluding hydrogens is 192 g/mol. The Morgan fingerprint density at radius 1 is 1.43 bits per heavy atom. The molecule has 0 amide bonds. The Labute approximate surface area is 77.9 Å². The maximum absolute atomic E-state index is 10.4. The van der Waals surface area contributed by atoms with Crippen molar-refractivity contribution in [2.24, 2.45) is 0 Å². The van der Waals surface area contributed by atoms with E-state index in [1.165, 1.54) is 0 Å². The average Bonchev–Trinajstić information content (AvgIpc) is 2.16. The number of nitro groups is 1. The molecule has 14 heavy (non-hydrogen) atoms. The molecule has 1 aromatic rings. The zero-order valence-electron chi connectivity index (χ0n) is 6.82. The molecule has 1 aromatic carbocycles. The van der Waals surface area contributed by atoms with E-state index in [-0.39, 0.29) is 22.2 Å². The molecule has 0 bridgehead atoms. The highest BCUT2D eigenvalue weighted by atomic mass is 16.8.